The molecule has 4 nitrogen and oxygen atoms in total. The van der Waals surface area contributed by atoms with Crippen LogP contribution in [0.25, 0.3) is 10.8 Å². The highest BCUT2D eigenvalue weighted by Gasteiger charge is 2.13. The van der Waals surface area contributed by atoms with Gasteiger partial charge >= 0.3 is 0 Å². The lowest BCUT2D eigenvalue weighted by molar-refractivity contribution is 0.0694. The molecular weight excluding hydrogens is 264 g/mol. The van der Waals surface area contributed by atoms with Crippen LogP contribution in [0.4, 0.5) is 5.82 Å². The van der Waals surface area contributed by atoms with Gasteiger partial charge in [0.2, 0.25) is 0 Å². The van der Waals surface area contributed by atoms with E-state index >= 15 is 0 Å². The second-order valence-corrected chi connectivity index (χ2v) is 4.87. The Morgan fingerprint density at radius 2 is 2.16 bits per heavy atom. The van der Waals surface area contributed by atoms with Gasteiger partial charge in [0.25, 0.3) is 0 Å². The molecule has 0 radical (unpaired) electrons. The van der Waals surface area contributed by atoms with Gasteiger partial charge in [-0.15, -0.1) is 0 Å². The van der Waals surface area contributed by atoms with Crippen molar-refractivity contribution in [1.82, 2.24) is 4.98 Å². The number of hydrogen-bond acceptors (Lipinski definition) is 4. The van der Waals surface area contributed by atoms with E-state index in [4.69, 9.17) is 16.3 Å². The molecule has 0 spiro atoms. The number of aliphatic hydroxyl groups is 1. The Bertz CT molecular complexity index is 562. The van der Waals surface area contributed by atoms with Gasteiger partial charge in [-0.1, -0.05) is 35.9 Å². The van der Waals surface area contributed by atoms with Crippen molar-refractivity contribution in [3.05, 3.63) is 35.5 Å². The molecule has 1 aromatic carbocycles. The Morgan fingerprint density at radius 1 is 1.42 bits per heavy atom. The largest absolute Gasteiger partial charge is 0.389 e. The highest BCUT2D eigenvalue weighted by molar-refractivity contribution is 6.30. The van der Waals surface area contributed by atoms with Crippen LogP contribution in [0.2, 0.25) is 5.15 Å². The van der Waals surface area contributed by atoms with Gasteiger partial charge < -0.3 is 14.7 Å². The number of likely N-dealkylation sites (N-methyl/N-ethyl adjacent to an activating group) is 1. The molecule has 19 heavy (non-hydrogen) atoms. The van der Waals surface area contributed by atoms with Gasteiger partial charge in [-0.25, -0.2) is 4.98 Å². The summed E-state index contributed by atoms with van der Waals surface area (Å²) in [5.41, 5.74) is 0. The molecule has 0 fully saturated rings. The molecule has 0 saturated carbocycles. The maximum atomic E-state index is 9.79. The Balaban J connectivity index is 2.33. The molecule has 1 heterocycles. The molecule has 2 rings (SSSR count). The van der Waals surface area contributed by atoms with E-state index in [1.807, 2.05) is 42.3 Å². The Labute approximate surface area is 117 Å². The summed E-state index contributed by atoms with van der Waals surface area (Å²) in [6.45, 7) is 0.730. The zero-order valence-corrected chi connectivity index (χ0v) is 11.8. The number of fused-ring (bicyclic) bond motifs is 1. The van der Waals surface area contributed by atoms with Crippen molar-refractivity contribution in [1.29, 1.82) is 0 Å². The highest BCUT2D eigenvalue weighted by atomic mass is 35.5. The first-order chi connectivity index (χ1) is 9.11. The van der Waals surface area contributed by atoms with Crippen molar-refractivity contribution in [2.45, 2.75) is 6.10 Å². The number of ether oxygens (including phenoxy) is 1. The number of rotatable bonds is 5. The summed E-state index contributed by atoms with van der Waals surface area (Å²) >= 11 is 6.04. The van der Waals surface area contributed by atoms with Crippen molar-refractivity contribution in [3.63, 3.8) is 0 Å². The number of aromatic nitrogens is 1. The smallest absolute Gasteiger partial charge is 0.138 e. The number of pyridine rings is 1. The summed E-state index contributed by atoms with van der Waals surface area (Å²) in [6.07, 6.45) is -0.561. The topological polar surface area (TPSA) is 45.6 Å². The third kappa shape index (κ3) is 3.35. The van der Waals surface area contributed by atoms with Gasteiger partial charge in [-0.2, -0.15) is 0 Å². The standard InChI is InChI=1S/C14H17ClN2O2/c1-17(8-11(18)9-19-2)14-12-6-4-3-5-10(12)7-13(15)16-14/h3-7,11,18H,8-9H2,1-2H3. The van der Waals surface area contributed by atoms with Crippen LogP contribution in [0.1, 0.15) is 0 Å². The Hall–Kier alpha value is -1.36. The number of nitrogens with zero attached hydrogens (tertiary/aromatic N) is 2. The zero-order chi connectivity index (χ0) is 13.8. The van der Waals surface area contributed by atoms with E-state index in [2.05, 4.69) is 4.98 Å². The first-order valence-electron chi connectivity index (χ1n) is 6.05. The van der Waals surface area contributed by atoms with Gasteiger partial charge in [0.05, 0.1) is 12.7 Å². The third-order valence-corrected chi connectivity index (χ3v) is 3.09. The fourth-order valence-corrected chi connectivity index (χ4v) is 2.28. The molecule has 0 amide bonds. The predicted molar refractivity (Wildman–Crippen MR) is 77.9 cm³/mol. The summed E-state index contributed by atoms with van der Waals surface area (Å²) in [7, 11) is 3.44. The van der Waals surface area contributed by atoms with Crippen LogP contribution in [-0.4, -0.2) is 43.5 Å². The Kier molecular flexibility index (Phi) is 4.58. The molecule has 0 saturated heterocycles. The fraction of sp³-hybridized carbons (Fsp3) is 0.357. The molecule has 0 aliphatic rings. The molecule has 2 aromatic rings. The summed E-state index contributed by atoms with van der Waals surface area (Å²) in [5.74, 6) is 0.762. The normalized spacial score (nSPS) is 12.6. The third-order valence-electron chi connectivity index (χ3n) is 2.89. The number of halogens is 1. The second kappa shape index (κ2) is 6.19. The number of benzene rings is 1. The van der Waals surface area contributed by atoms with Crippen LogP contribution in [-0.2, 0) is 4.74 Å². The molecule has 5 heteroatoms. The van der Waals surface area contributed by atoms with E-state index in [-0.39, 0.29) is 0 Å². The van der Waals surface area contributed by atoms with E-state index in [1.54, 1.807) is 7.11 Å². The molecule has 1 N–H and O–H groups in total. The van der Waals surface area contributed by atoms with Crippen LogP contribution in [0.5, 0.6) is 0 Å². The zero-order valence-electron chi connectivity index (χ0n) is 11.0. The maximum absolute atomic E-state index is 9.79. The molecule has 1 aromatic heterocycles. The van der Waals surface area contributed by atoms with Crippen molar-refractivity contribution in [2.24, 2.45) is 0 Å². The van der Waals surface area contributed by atoms with Crippen molar-refractivity contribution in [2.75, 3.05) is 32.2 Å². The summed E-state index contributed by atoms with van der Waals surface area (Å²) in [6, 6.07) is 9.74. The first-order valence-corrected chi connectivity index (χ1v) is 6.43. The lowest BCUT2D eigenvalue weighted by Gasteiger charge is -2.23. The number of aliphatic hydroxyl groups excluding tert-OH is 1. The first kappa shape index (κ1) is 14.1. The lowest BCUT2D eigenvalue weighted by atomic mass is 10.1. The maximum Gasteiger partial charge on any atom is 0.138 e. The summed E-state index contributed by atoms with van der Waals surface area (Å²) in [4.78, 5) is 6.24. The van der Waals surface area contributed by atoms with Gasteiger partial charge in [0.1, 0.15) is 11.0 Å². The minimum Gasteiger partial charge on any atom is -0.389 e. The molecule has 0 aliphatic heterocycles. The van der Waals surface area contributed by atoms with Gasteiger partial charge in [-0.05, 0) is 11.5 Å². The summed E-state index contributed by atoms with van der Waals surface area (Å²) in [5, 5.41) is 12.3. The molecule has 1 atom stereocenters. The van der Waals surface area contributed by atoms with Crippen molar-refractivity contribution >= 4 is 28.2 Å². The molecule has 0 aliphatic carbocycles. The minimum atomic E-state index is -0.561. The summed E-state index contributed by atoms with van der Waals surface area (Å²) < 4.78 is 4.93. The SMILES string of the molecule is COCC(O)CN(C)c1nc(Cl)cc2ccccc12. The fourth-order valence-electron chi connectivity index (χ4n) is 2.09. The molecule has 0 bridgehead atoms. The highest BCUT2D eigenvalue weighted by Crippen LogP contribution is 2.26. The van der Waals surface area contributed by atoms with Crippen molar-refractivity contribution < 1.29 is 9.84 Å². The second-order valence-electron chi connectivity index (χ2n) is 4.48. The minimum absolute atomic E-state index is 0.294. The van der Waals surface area contributed by atoms with Gasteiger partial charge in [-0.3, -0.25) is 0 Å². The van der Waals surface area contributed by atoms with Crippen molar-refractivity contribution in [3.8, 4) is 0 Å². The monoisotopic (exact) mass is 280 g/mol. The predicted octanol–water partition coefficient (Wildman–Crippen LogP) is 2.33. The lowest BCUT2D eigenvalue weighted by Crippen LogP contribution is -2.32. The Morgan fingerprint density at radius 3 is 2.89 bits per heavy atom. The average Bonchev–Trinajstić information content (AvgIpc) is 2.37. The van der Waals surface area contributed by atoms with Gasteiger partial charge in [0.15, 0.2) is 0 Å². The quantitative estimate of drug-likeness (QED) is 0.854. The van der Waals surface area contributed by atoms with E-state index in [0.717, 1.165) is 16.6 Å². The van der Waals surface area contributed by atoms with E-state index in [0.29, 0.717) is 18.3 Å². The average molecular weight is 281 g/mol. The molecular formula is C14H17ClN2O2. The van der Waals surface area contributed by atoms with Crippen LogP contribution in [0.3, 0.4) is 0 Å². The number of hydrogen-bond donors (Lipinski definition) is 1. The van der Waals surface area contributed by atoms with Crippen LogP contribution in [0, 0.1) is 0 Å². The molecule has 1 unspecified atom stereocenters. The van der Waals surface area contributed by atoms with Crippen LogP contribution >= 0.6 is 11.6 Å². The van der Waals surface area contributed by atoms with Crippen LogP contribution < -0.4 is 4.90 Å². The van der Waals surface area contributed by atoms with E-state index in [9.17, 15) is 5.11 Å². The van der Waals surface area contributed by atoms with E-state index < -0.39 is 6.10 Å². The van der Waals surface area contributed by atoms with Crippen LogP contribution in [0.15, 0.2) is 30.3 Å². The number of methoxy groups -OCH3 is 1. The molecule has 102 valence electrons. The van der Waals surface area contributed by atoms with Gasteiger partial charge in [0, 0.05) is 26.1 Å². The number of anilines is 1. The van der Waals surface area contributed by atoms with E-state index in [1.165, 1.54) is 0 Å².